The number of aryl methyl sites for hydroxylation is 1. The highest BCUT2D eigenvalue weighted by Gasteiger charge is 2.46. The third kappa shape index (κ3) is 6.20. The number of carbonyl (C=O) groups excluding carboxylic acids is 3. The zero-order chi connectivity index (χ0) is 28.1. The minimum absolute atomic E-state index is 0.0229. The molecule has 1 atom stereocenters. The minimum Gasteiger partial charge on any atom is -0.507 e. The minimum atomic E-state index is -0.796. The van der Waals surface area contributed by atoms with Gasteiger partial charge in [-0.3, -0.25) is 9.59 Å². The Hall–Kier alpha value is -4.39. The van der Waals surface area contributed by atoms with Crippen LogP contribution in [0.1, 0.15) is 59.4 Å². The summed E-state index contributed by atoms with van der Waals surface area (Å²) in [5, 5.41) is 11.4. The molecule has 1 aliphatic heterocycles. The lowest BCUT2D eigenvalue weighted by molar-refractivity contribution is -0.140. The van der Waals surface area contributed by atoms with Crippen LogP contribution in [-0.2, 0) is 20.9 Å². The molecule has 3 aromatic carbocycles. The first kappa shape index (κ1) is 27.6. The van der Waals surface area contributed by atoms with E-state index in [1.165, 1.54) is 4.90 Å². The smallest absolute Gasteiger partial charge is 0.338 e. The lowest BCUT2D eigenvalue weighted by atomic mass is 9.94. The molecule has 3 aromatic rings. The van der Waals surface area contributed by atoms with Gasteiger partial charge in [-0.2, -0.15) is 0 Å². The predicted molar refractivity (Wildman–Crippen MR) is 148 cm³/mol. The van der Waals surface area contributed by atoms with Gasteiger partial charge >= 0.3 is 5.97 Å². The van der Waals surface area contributed by atoms with Crippen LogP contribution in [0.4, 0.5) is 0 Å². The molecule has 1 unspecified atom stereocenters. The fraction of sp³-hybridized carbons (Fsp3) is 0.281. The van der Waals surface area contributed by atoms with Gasteiger partial charge in [-0.05, 0) is 55.2 Å². The van der Waals surface area contributed by atoms with Gasteiger partial charge in [0.1, 0.15) is 11.5 Å². The molecule has 7 nitrogen and oxygen atoms in total. The summed E-state index contributed by atoms with van der Waals surface area (Å²) in [5.74, 6) is -1.25. The van der Waals surface area contributed by atoms with Gasteiger partial charge < -0.3 is 19.5 Å². The molecule has 0 radical (unpaired) electrons. The molecule has 1 amide bonds. The van der Waals surface area contributed by atoms with Gasteiger partial charge in [0.05, 0.1) is 30.4 Å². The normalized spacial score (nSPS) is 16.5. The standard InChI is InChI=1S/C32H33NO6/c1-5-38-32(37)23-14-12-22(13-15-23)18-33-28(24-9-6-8-21(4)16-24)27(30(35)31(33)36)29(34)25-10-7-11-26(17-25)39-19-20(2)3/h6-17,20,28,34H,5,18-19H2,1-4H3/b29-27+. The van der Waals surface area contributed by atoms with Gasteiger partial charge in [-0.25, -0.2) is 4.79 Å². The highest BCUT2D eigenvalue weighted by atomic mass is 16.5. The number of Topliss-reactive ketones (excluding diaryl/α,β-unsaturated/α-hetero) is 1. The van der Waals surface area contributed by atoms with Crippen LogP contribution in [-0.4, -0.2) is 40.9 Å². The van der Waals surface area contributed by atoms with Crippen LogP contribution in [0.3, 0.4) is 0 Å². The van der Waals surface area contributed by atoms with Crippen molar-refractivity contribution in [3.63, 3.8) is 0 Å². The maximum atomic E-state index is 13.4. The van der Waals surface area contributed by atoms with E-state index in [-0.39, 0.29) is 24.5 Å². The summed E-state index contributed by atoms with van der Waals surface area (Å²) in [6.07, 6.45) is 0. The number of ether oxygens (including phenoxy) is 2. The summed E-state index contributed by atoms with van der Waals surface area (Å²) in [7, 11) is 0. The molecule has 1 saturated heterocycles. The molecule has 7 heteroatoms. The molecule has 1 heterocycles. The van der Waals surface area contributed by atoms with Gasteiger partial charge in [-0.15, -0.1) is 0 Å². The lowest BCUT2D eigenvalue weighted by Gasteiger charge is -2.26. The topological polar surface area (TPSA) is 93.1 Å². The van der Waals surface area contributed by atoms with Gasteiger partial charge in [0.2, 0.25) is 0 Å². The number of carbonyl (C=O) groups is 3. The first-order valence-corrected chi connectivity index (χ1v) is 13.0. The van der Waals surface area contributed by atoms with E-state index in [1.54, 1.807) is 55.5 Å². The Morgan fingerprint density at radius 2 is 1.69 bits per heavy atom. The van der Waals surface area contributed by atoms with Gasteiger partial charge in [0.25, 0.3) is 11.7 Å². The van der Waals surface area contributed by atoms with Crippen molar-refractivity contribution >= 4 is 23.4 Å². The van der Waals surface area contributed by atoms with Gasteiger partial charge in [0, 0.05) is 12.1 Å². The third-order valence-corrected chi connectivity index (χ3v) is 6.41. The quantitative estimate of drug-likeness (QED) is 0.163. The van der Waals surface area contributed by atoms with E-state index in [1.807, 2.05) is 45.0 Å². The molecule has 4 rings (SSSR count). The van der Waals surface area contributed by atoms with Crippen molar-refractivity contribution in [2.45, 2.75) is 40.3 Å². The molecule has 0 aliphatic carbocycles. The number of rotatable bonds is 9. The molecular formula is C32H33NO6. The maximum absolute atomic E-state index is 13.4. The number of hydrogen-bond donors (Lipinski definition) is 1. The van der Waals surface area contributed by atoms with E-state index in [0.717, 1.165) is 11.1 Å². The monoisotopic (exact) mass is 527 g/mol. The Morgan fingerprint density at radius 3 is 2.36 bits per heavy atom. The Bertz CT molecular complexity index is 1410. The Balaban J connectivity index is 1.74. The zero-order valence-electron chi connectivity index (χ0n) is 22.6. The number of aliphatic hydroxyl groups excluding tert-OH is 1. The molecule has 39 heavy (non-hydrogen) atoms. The van der Waals surface area contributed by atoms with Crippen molar-refractivity contribution in [1.82, 2.24) is 4.90 Å². The Morgan fingerprint density at radius 1 is 0.974 bits per heavy atom. The highest BCUT2D eigenvalue weighted by molar-refractivity contribution is 6.46. The molecule has 0 bridgehead atoms. The average Bonchev–Trinajstić information content (AvgIpc) is 3.17. The largest absolute Gasteiger partial charge is 0.507 e. The summed E-state index contributed by atoms with van der Waals surface area (Å²) in [6, 6.07) is 20.4. The second kappa shape index (κ2) is 12.0. The van der Waals surface area contributed by atoms with Crippen molar-refractivity contribution < 1.29 is 29.0 Å². The number of hydrogen-bond acceptors (Lipinski definition) is 6. The molecule has 202 valence electrons. The van der Waals surface area contributed by atoms with Crippen molar-refractivity contribution in [3.05, 3.63) is 106 Å². The van der Waals surface area contributed by atoms with Crippen LogP contribution in [0, 0.1) is 12.8 Å². The second-order valence-corrected chi connectivity index (χ2v) is 9.99. The Kier molecular flexibility index (Phi) is 8.49. The van der Waals surface area contributed by atoms with E-state index in [9.17, 15) is 19.5 Å². The zero-order valence-corrected chi connectivity index (χ0v) is 22.6. The van der Waals surface area contributed by atoms with Crippen molar-refractivity contribution in [3.8, 4) is 5.75 Å². The van der Waals surface area contributed by atoms with Crippen LogP contribution < -0.4 is 4.74 Å². The van der Waals surface area contributed by atoms with Crippen LogP contribution in [0.5, 0.6) is 5.75 Å². The number of likely N-dealkylation sites (tertiary alicyclic amines) is 1. The van der Waals surface area contributed by atoms with E-state index < -0.39 is 23.7 Å². The highest BCUT2D eigenvalue weighted by Crippen LogP contribution is 2.40. The predicted octanol–water partition coefficient (Wildman–Crippen LogP) is 5.83. The summed E-state index contributed by atoms with van der Waals surface area (Å²) < 4.78 is 10.9. The number of esters is 1. The fourth-order valence-corrected chi connectivity index (χ4v) is 4.54. The summed E-state index contributed by atoms with van der Waals surface area (Å²) in [4.78, 5) is 40.3. The van der Waals surface area contributed by atoms with Crippen molar-refractivity contribution in [2.24, 2.45) is 5.92 Å². The molecule has 1 aliphatic rings. The second-order valence-electron chi connectivity index (χ2n) is 9.99. The van der Waals surface area contributed by atoms with Crippen molar-refractivity contribution in [1.29, 1.82) is 0 Å². The SMILES string of the molecule is CCOC(=O)c1ccc(CN2C(=O)C(=O)/C(=C(/O)c3cccc(OCC(C)C)c3)C2c2cccc(C)c2)cc1. The number of aliphatic hydroxyl groups is 1. The molecular weight excluding hydrogens is 494 g/mol. The van der Waals surface area contributed by atoms with E-state index >= 15 is 0 Å². The number of amides is 1. The first-order chi connectivity index (χ1) is 18.7. The molecule has 0 spiro atoms. The molecule has 0 saturated carbocycles. The maximum Gasteiger partial charge on any atom is 0.338 e. The molecule has 0 aromatic heterocycles. The summed E-state index contributed by atoms with van der Waals surface area (Å²) in [5.41, 5.74) is 3.22. The van der Waals surface area contributed by atoms with Gasteiger partial charge in [0.15, 0.2) is 0 Å². The van der Waals surface area contributed by atoms with E-state index in [2.05, 4.69) is 0 Å². The van der Waals surface area contributed by atoms with E-state index in [0.29, 0.717) is 35.0 Å². The average molecular weight is 528 g/mol. The summed E-state index contributed by atoms with van der Waals surface area (Å²) >= 11 is 0. The molecule has 1 N–H and O–H groups in total. The summed E-state index contributed by atoms with van der Waals surface area (Å²) in [6.45, 7) is 8.64. The molecule has 1 fully saturated rings. The number of nitrogens with zero attached hydrogens (tertiary/aromatic N) is 1. The first-order valence-electron chi connectivity index (χ1n) is 13.0. The van der Waals surface area contributed by atoms with Crippen LogP contribution in [0.2, 0.25) is 0 Å². The number of ketones is 1. The Labute approximate surface area is 228 Å². The van der Waals surface area contributed by atoms with Gasteiger partial charge in [-0.1, -0.05) is 67.9 Å². The van der Waals surface area contributed by atoms with Crippen LogP contribution in [0.25, 0.3) is 5.76 Å². The van der Waals surface area contributed by atoms with Crippen LogP contribution in [0.15, 0.2) is 78.4 Å². The lowest BCUT2D eigenvalue weighted by Crippen LogP contribution is -2.29. The number of benzene rings is 3. The van der Waals surface area contributed by atoms with Crippen molar-refractivity contribution in [2.75, 3.05) is 13.2 Å². The van der Waals surface area contributed by atoms with E-state index in [4.69, 9.17) is 9.47 Å². The third-order valence-electron chi connectivity index (χ3n) is 6.41. The van der Waals surface area contributed by atoms with Crippen LogP contribution >= 0.6 is 0 Å². The fourth-order valence-electron chi connectivity index (χ4n) is 4.54.